The first kappa shape index (κ1) is 12.9. The Labute approximate surface area is 96.9 Å². The molecule has 0 heterocycles. The van der Waals surface area contributed by atoms with E-state index in [1.165, 1.54) is 12.5 Å². The number of esters is 1. The minimum atomic E-state index is -0.949. The molecule has 90 valence electrons. The molecule has 0 aliphatic heterocycles. The maximum atomic E-state index is 12.0. The first-order valence-electron chi connectivity index (χ1n) is 5.79. The molecular formula is C13H20O3. The second kappa shape index (κ2) is 4.81. The van der Waals surface area contributed by atoms with Crippen molar-refractivity contribution in [1.29, 1.82) is 0 Å². The van der Waals surface area contributed by atoms with Crippen molar-refractivity contribution in [1.82, 2.24) is 0 Å². The van der Waals surface area contributed by atoms with E-state index in [2.05, 4.69) is 0 Å². The third-order valence-electron chi connectivity index (χ3n) is 3.51. The molecule has 1 aliphatic carbocycles. The van der Waals surface area contributed by atoms with E-state index in [1.54, 1.807) is 6.92 Å². The monoisotopic (exact) mass is 224 g/mol. The minimum Gasteiger partial charge on any atom is -0.465 e. The van der Waals surface area contributed by atoms with Crippen molar-refractivity contribution in [3.05, 3.63) is 11.6 Å². The summed E-state index contributed by atoms with van der Waals surface area (Å²) in [7, 11) is 0. The molecule has 0 amide bonds. The maximum absolute atomic E-state index is 12.0. The molecule has 1 aliphatic rings. The molecule has 16 heavy (non-hydrogen) atoms. The number of hydrogen-bond donors (Lipinski definition) is 0. The molecule has 0 saturated carbocycles. The predicted octanol–water partition coefficient (Wildman–Crippen LogP) is 2.50. The van der Waals surface area contributed by atoms with E-state index < -0.39 is 5.41 Å². The number of ether oxygens (including phenoxy) is 1. The van der Waals surface area contributed by atoms with Gasteiger partial charge in [0, 0.05) is 0 Å². The van der Waals surface area contributed by atoms with E-state index in [1.807, 2.05) is 19.9 Å². The summed E-state index contributed by atoms with van der Waals surface area (Å²) >= 11 is 0. The van der Waals surface area contributed by atoms with E-state index in [-0.39, 0.29) is 17.7 Å². The fourth-order valence-corrected chi connectivity index (χ4v) is 2.46. The van der Waals surface area contributed by atoms with Gasteiger partial charge in [-0.3, -0.25) is 9.59 Å². The van der Waals surface area contributed by atoms with Crippen molar-refractivity contribution < 1.29 is 14.3 Å². The predicted molar refractivity (Wildman–Crippen MR) is 61.9 cm³/mol. The quantitative estimate of drug-likeness (QED) is 0.420. The van der Waals surface area contributed by atoms with Gasteiger partial charge >= 0.3 is 5.97 Å². The Morgan fingerprint density at radius 2 is 2.19 bits per heavy atom. The number of ketones is 1. The van der Waals surface area contributed by atoms with E-state index >= 15 is 0 Å². The van der Waals surface area contributed by atoms with Crippen molar-refractivity contribution in [3.8, 4) is 0 Å². The number of carbonyl (C=O) groups excluding carboxylic acids is 2. The van der Waals surface area contributed by atoms with Gasteiger partial charge in [0.1, 0.15) is 11.2 Å². The lowest BCUT2D eigenvalue weighted by molar-refractivity contribution is -0.163. The summed E-state index contributed by atoms with van der Waals surface area (Å²) in [6, 6.07) is 0. The van der Waals surface area contributed by atoms with Gasteiger partial charge < -0.3 is 4.74 Å². The summed E-state index contributed by atoms with van der Waals surface area (Å²) in [5.41, 5.74) is 0.295. The Hall–Kier alpha value is -1.12. The summed E-state index contributed by atoms with van der Waals surface area (Å²) in [6.45, 7) is 7.56. The molecule has 0 spiro atoms. The fourth-order valence-electron chi connectivity index (χ4n) is 2.46. The Kier molecular flexibility index (Phi) is 3.89. The van der Waals surface area contributed by atoms with Crippen LogP contribution in [0.4, 0.5) is 0 Å². The lowest BCUT2D eigenvalue weighted by Gasteiger charge is -2.37. The summed E-state index contributed by atoms with van der Waals surface area (Å²) in [4.78, 5) is 23.8. The Balaban J connectivity index is 3.07. The highest BCUT2D eigenvalue weighted by Gasteiger charge is 2.49. The molecule has 0 aromatic carbocycles. The highest BCUT2D eigenvalue weighted by molar-refractivity contribution is 6.03. The number of rotatable bonds is 3. The summed E-state index contributed by atoms with van der Waals surface area (Å²) in [6.07, 6.45) is 3.25. The number of Topliss-reactive ketones (excluding diaryl/α,β-unsaturated/α-hetero) is 1. The van der Waals surface area contributed by atoms with Crippen LogP contribution in [0.5, 0.6) is 0 Å². The van der Waals surface area contributed by atoms with Crippen LogP contribution in [-0.4, -0.2) is 18.4 Å². The van der Waals surface area contributed by atoms with Gasteiger partial charge in [-0.2, -0.15) is 0 Å². The number of carbonyl (C=O) groups is 2. The van der Waals surface area contributed by atoms with Gasteiger partial charge in [0.15, 0.2) is 0 Å². The Morgan fingerprint density at radius 1 is 1.56 bits per heavy atom. The van der Waals surface area contributed by atoms with Gasteiger partial charge in [-0.15, -0.1) is 0 Å². The highest BCUT2D eigenvalue weighted by Crippen LogP contribution is 2.42. The fraction of sp³-hybridized carbons (Fsp3) is 0.692. The Bertz CT molecular complexity index is 330. The molecule has 0 aromatic heterocycles. The zero-order valence-electron chi connectivity index (χ0n) is 10.5. The largest absolute Gasteiger partial charge is 0.465 e. The molecule has 3 heteroatoms. The van der Waals surface area contributed by atoms with Gasteiger partial charge in [0.05, 0.1) is 6.61 Å². The van der Waals surface area contributed by atoms with Crippen molar-refractivity contribution in [2.75, 3.05) is 6.61 Å². The molecule has 0 radical (unpaired) electrons. The first-order chi connectivity index (χ1) is 7.45. The second-order valence-electron chi connectivity index (χ2n) is 4.61. The zero-order valence-corrected chi connectivity index (χ0v) is 10.5. The highest BCUT2D eigenvalue weighted by atomic mass is 16.5. The van der Waals surface area contributed by atoms with Crippen LogP contribution in [0, 0.1) is 11.3 Å². The van der Waals surface area contributed by atoms with Crippen molar-refractivity contribution in [3.63, 3.8) is 0 Å². The summed E-state index contributed by atoms with van der Waals surface area (Å²) in [5, 5.41) is 0. The second-order valence-corrected chi connectivity index (χ2v) is 4.61. The summed E-state index contributed by atoms with van der Waals surface area (Å²) < 4.78 is 5.06. The van der Waals surface area contributed by atoms with Crippen LogP contribution in [0.2, 0.25) is 0 Å². The van der Waals surface area contributed by atoms with Crippen LogP contribution in [-0.2, 0) is 14.3 Å². The average Bonchev–Trinajstić information content (AvgIpc) is 2.17. The molecule has 0 bridgehead atoms. The van der Waals surface area contributed by atoms with Crippen LogP contribution in [0.1, 0.15) is 40.5 Å². The third-order valence-corrected chi connectivity index (χ3v) is 3.51. The van der Waals surface area contributed by atoms with E-state index in [9.17, 15) is 9.59 Å². The molecule has 0 aromatic rings. The molecule has 3 nitrogen and oxygen atoms in total. The van der Waals surface area contributed by atoms with Gasteiger partial charge in [0.2, 0.25) is 0 Å². The summed E-state index contributed by atoms with van der Waals surface area (Å²) in [5.74, 6) is -0.421. The third kappa shape index (κ3) is 2.04. The molecular weight excluding hydrogens is 204 g/mol. The van der Waals surface area contributed by atoms with Crippen molar-refractivity contribution >= 4 is 11.8 Å². The van der Waals surface area contributed by atoms with Gasteiger partial charge in [-0.1, -0.05) is 18.6 Å². The van der Waals surface area contributed by atoms with Crippen molar-refractivity contribution in [2.45, 2.75) is 40.5 Å². The van der Waals surface area contributed by atoms with E-state index in [0.29, 0.717) is 13.0 Å². The van der Waals surface area contributed by atoms with Crippen molar-refractivity contribution in [2.24, 2.45) is 11.3 Å². The molecule has 0 fully saturated rings. The van der Waals surface area contributed by atoms with E-state index in [4.69, 9.17) is 4.74 Å². The molecule has 1 rings (SSSR count). The average molecular weight is 224 g/mol. The van der Waals surface area contributed by atoms with E-state index in [0.717, 1.165) is 6.42 Å². The minimum absolute atomic E-state index is 0.0223. The number of allylic oxidation sites excluding steroid dienone is 2. The van der Waals surface area contributed by atoms with Crippen LogP contribution in [0.3, 0.4) is 0 Å². The first-order valence-corrected chi connectivity index (χ1v) is 5.79. The zero-order chi connectivity index (χ0) is 12.3. The molecule has 0 saturated heterocycles. The number of hydrogen-bond acceptors (Lipinski definition) is 3. The van der Waals surface area contributed by atoms with Crippen LogP contribution >= 0.6 is 0 Å². The lowest BCUT2D eigenvalue weighted by Crippen LogP contribution is -2.46. The molecule has 2 unspecified atom stereocenters. The van der Waals surface area contributed by atoms with Crippen LogP contribution < -0.4 is 0 Å². The standard InChI is InChI=1S/C13H20O3/c1-5-16-12(15)13(11(4)14)7-6-9(2)8-10(13)3/h6,10H,5,7-8H2,1-4H3. The van der Waals surface area contributed by atoms with Gasteiger partial charge in [-0.05, 0) is 39.5 Å². The van der Waals surface area contributed by atoms with Gasteiger partial charge in [0.25, 0.3) is 0 Å². The SMILES string of the molecule is CCOC(=O)C1(C(C)=O)CC=C(C)CC1C. The van der Waals surface area contributed by atoms with Gasteiger partial charge in [-0.25, -0.2) is 0 Å². The molecule has 2 atom stereocenters. The lowest BCUT2D eigenvalue weighted by atomic mass is 9.65. The van der Waals surface area contributed by atoms with Crippen LogP contribution in [0.25, 0.3) is 0 Å². The Morgan fingerprint density at radius 3 is 2.62 bits per heavy atom. The van der Waals surface area contributed by atoms with Crippen LogP contribution in [0.15, 0.2) is 11.6 Å². The maximum Gasteiger partial charge on any atom is 0.320 e. The topological polar surface area (TPSA) is 43.4 Å². The molecule has 0 N–H and O–H groups in total. The normalized spacial score (nSPS) is 29.5. The smallest absolute Gasteiger partial charge is 0.320 e.